The molecule has 3 N–H and O–H groups in total. The Hall–Kier alpha value is -6.19. The number of hydrogen-bond donors (Lipinski definition) is 3. The van der Waals surface area contributed by atoms with Crippen LogP contribution in [0.25, 0.3) is 11.0 Å². The Bertz CT molecular complexity index is 3100. The molecule has 13 rings (SSSR count). The van der Waals surface area contributed by atoms with Crippen LogP contribution in [-0.4, -0.2) is 141 Å². The zero-order chi connectivity index (χ0) is 49.8. The summed E-state index contributed by atoms with van der Waals surface area (Å²) in [4.78, 5) is 43.6. The summed E-state index contributed by atoms with van der Waals surface area (Å²) >= 11 is 0. The van der Waals surface area contributed by atoms with Gasteiger partial charge >= 0.3 is 0 Å². The van der Waals surface area contributed by atoms with Crippen LogP contribution in [0.15, 0.2) is 77.8 Å². The van der Waals surface area contributed by atoms with Gasteiger partial charge in [-0.2, -0.15) is 4.98 Å². The van der Waals surface area contributed by atoms with Crippen molar-refractivity contribution in [3.8, 4) is 17.4 Å². The maximum Gasteiger partial charge on any atom is 0.297 e. The number of likely N-dealkylation sites (tertiary alicyclic amines) is 2. The number of carbonyl (C=O) groups is 1. The molecule has 5 aromatic rings. The molecule has 73 heavy (non-hydrogen) atoms. The Kier molecular flexibility index (Phi) is 11.5. The van der Waals surface area contributed by atoms with Crippen molar-refractivity contribution in [3.63, 3.8) is 0 Å². The number of morpholine rings is 1. The summed E-state index contributed by atoms with van der Waals surface area (Å²) in [6, 6.07) is 20.7. The molecule has 2 aromatic heterocycles. The number of nitro benzene ring substituents is 1. The second-order valence-corrected chi connectivity index (χ2v) is 23.4. The third-order valence-electron chi connectivity index (χ3n) is 16.8. The lowest BCUT2D eigenvalue weighted by Gasteiger charge is -2.56. The van der Waals surface area contributed by atoms with Gasteiger partial charge < -0.3 is 43.8 Å². The molecule has 384 valence electrons. The average Bonchev–Trinajstić information content (AvgIpc) is 4.25. The van der Waals surface area contributed by atoms with E-state index >= 15 is 0 Å². The summed E-state index contributed by atoms with van der Waals surface area (Å²) in [7, 11) is -4.70. The number of aromatic nitrogens is 2. The third-order valence-corrected chi connectivity index (χ3v) is 18.1. The fourth-order valence-corrected chi connectivity index (χ4v) is 14.2. The van der Waals surface area contributed by atoms with Gasteiger partial charge in [-0.1, -0.05) is 18.2 Å². The van der Waals surface area contributed by atoms with Gasteiger partial charge in [0, 0.05) is 79.3 Å². The number of nitro groups is 1. The van der Waals surface area contributed by atoms with Crippen molar-refractivity contribution in [2.45, 2.75) is 112 Å². The number of benzene rings is 3. The van der Waals surface area contributed by atoms with E-state index in [4.69, 9.17) is 28.7 Å². The molecule has 3 aromatic carbocycles. The first-order valence-electron chi connectivity index (χ1n) is 25.9. The van der Waals surface area contributed by atoms with E-state index in [1.807, 2.05) is 29.2 Å². The Labute approximate surface area is 423 Å². The van der Waals surface area contributed by atoms with Crippen LogP contribution >= 0.6 is 0 Å². The van der Waals surface area contributed by atoms with Crippen LogP contribution in [0.3, 0.4) is 0 Å². The predicted molar refractivity (Wildman–Crippen MR) is 272 cm³/mol. The second-order valence-electron chi connectivity index (χ2n) is 21.7. The second kappa shape index (κ2) is 18.0. The molecule has 1 spiro atoms. The molecule has 1 amide bonds. The molecular formula is C53H61N9O10S. The summed E-state index contributed by atoms with van der Waals surface area (Å²) in [6.07, 6.45) is 9.31. The summed E-state index contributed by atoms with van der Waals surface area (Å²) < 4.78 is 61.5. The number of aromatic amines is 1. The van der Waals surface area contributed by atoms with Crippen LogP contribution in [0.4, 0.5) is 28.4 Å². The SMILES string of the molecule is CC(C)Oc1ccccc1[C@@H]1CCCN1C1CC2(CCN(c3ccc(C(=O)NS(=O)(=O)c4cc5c(c([N+](=O)[O-])c4)N[C@H](CN4C[C@@H]6C[C@H]4CO6)CO5)c(N4c5cc6cc[nH]c6nc5O[C@@H]5COC[C@H]54)c3)CC2)C1. The lowest BCUT2D eigenvalue weighted by atomic mass is 9.60. The van der Waals surface area contributed by atoms with Crippen molar-refractivity contribution in [3.05, 3.63) is 94.2 Å². The van der Waals surface area contributed by atoms with Crippen LogP contribution in [-0.2, 0) is 19.5 Å². The molecule has 8 aliphatic rings. The lowest BCUT2D eigenvalue weighted by molar-refractivity contribution is -0.384. The minimum absolute atomic E-state index is 0.0225. The van der Waals surface area contributed by atoms with Crippen LogP contribution in [0.1, 0.15) is 80.8 Å². The van der Waals surface area contributed by atoms with Crippen LogP contribution in [0, 0.1) is 15.5 Å². The van der Waals surface area contributed by atoms with Crippen LogP contribution < -0.4 is 34.0 Å². The number of nitrogens with zero attached hydrogens (tertiary/aromatic N) is 6. The normalized spacial score (nSPS) is 26.5. The number of amides is 1. The van der Waals surface area contributed by atoms with Crippen molar-refractivity contribution in [1.82, 2.24) is 24.5 Å². The fourth-order valence-electron chi connectivity index (χ4n) is 13.2. The highest BCUT2D eigenvalue weighted by Crippen LogP contribution is 2.55. The minimum Gasteiger partial charge on any atom is -0.491 e. The maximum atomic E-state index is 14.8. The Morgan fingerprint density at radius 1 is 1.00 bits per heavy atom. The van der Waals surface area contributed by atoms with Crippen molar-refractivity contribution in [2.24, 2.45) is 5.41 Å². The number of nitrogens with one attached hydrogen (secondary N) is 3. The molecule has 2 bridgehead atoms. The quantitative estimate of drug-likeness (QED) is 0.0858. The van der Waals surface area contributed by atoms with Gasteiger partial charge in [0.2, 0.25) is 5.88 Å². The fraction of sp³-hybridized carbons (Fsp3) is 0.509. The number of hydrogen-bond acceptors (Lipinski definition) is 16. The number of piperidine rings is 1. The number of pyridine rings is 1. The van der Waals surface area contributed by atoms with Gasteiger partial charge in [-0.05, 0) is 107 Å². The highest BCUT2D eigenvalue weighted by Gasteiger charge is 2.51. The van der Waals surface area contributed by atoms with Crippen molar-refractivity contribution in [1.29, 1.82) is 0 Å². The van der Waals surface area contributed by atoms with E-state index in [-0.39, 0.29) is 53.3 Å². The molecule has 20 heteroatoms. The van der Waals surface area contributed by atoms with Crippen molar-refractivity contribution < 1.29 is 41.8 Å². The number of rotatable bonds is 12. The van der Waals surface area contributed by atoms with Gasteiger partial charge in [-0.25, -0.2) is 13.1 Å². The number of anilines is 4. The van der Waals surface area contributed by atoms with Crippen molar-refractivity contribution >= 4 is 55.4 Å². The molecule has 6 atom stereocenters. The van der Waals surface area contributed by atoms with E-state index in [9.17, 15) is 23.3 Å². The monoisotopic (exact) mass is 1020 g/mol. The zero-order valence-electron chi connectivity index (χ0n) is 41.0. The Morgan fingerprint density at radius 3 is 2.64 bits per heavy atom. The van der Waals surface area contributed by atoms with E-state index < -0.39 is 37.5 Å². The number of fused-ring (bicyclic) bond motifs is 6. The van der Waals surface area contributed by atoms with Crippen LogP contribution in [0.5, 0.6) is 17.4 Å². The van der Waals surface area contributed by atoms with Gasteiger partial charge in [0.15, 0.2) is 11.4 Å². The third kappa shape index (κ3) is 8.38. The molecule has 19 nitrogen and oxygen atoms in total. The Morgan fingerprint density at radius 2 is 1.85 bits per heavy atom. The summed E-state index contributed by atoms with van der Waals surface area (Å²) in [5.41, 5.74) is 3.89. The number of para-hydroxylation sites is 1. The first-order chi connectivity index (χ1) is 35.3. The highest BCUT2D eigenvalue weighted by atomic mass is 32.2. The molecule has 5 saturated heterocycles. The lowest BCUT2D eigenvalue weighted by Crippen LogP contribution is -2.55. The zero-order valence-corrected chi connectivity index (χ0v) is 41.9. The number of sulfonamides is 1. The minimum atomic E-state index is -4.70. The molecule has 6 fully saturated rings. The standard InChI is InChI=1S/C53H61N9O10S/c1-31(2)71-46-8-4-3-6-39(46)41-7-5-15-60(41)36-23-53(24-36)12-16-58(17-13-53)34-9-10-40(42(20-34)61-44-18-32-11-14-54-50(32)56-52(44)72-48-30-68-29-45(48)61)51(63)57-73(66,67)38-21-43(62(64)65)49-47(22-38)70-27-33(55-49)25-59-26-37-19-35(59)28-69-37/h3-4,6,8-11,14,18,20-22,31,33,35-37,41,45,48,55H,5,7,12-13,15-17,19,23-30H2,1-2H3,(H,54,56)(H,57,63)/t33-,35+,37+,41+,45-,48-/m1/s1. The molecule has 0 radical (unpaired) electrons. The van der Waals surface area contributed by atoms with Gasteiger partial charge in [-0.3, -0.25) is 24.7 Å². The molecule has 0 unspecified atom stereocenters. The topological polar surface area (TPSA) is 206 Å². The van der Waals surface area contributed by atoms with Gasteiger partial charge in [0.05, 0.1) is 65.2 Å². The molecule has 1 saturated carbocycles. The first kappa shape index (κ1) is 46.6. The summed E-state index contributed by atoms with van der Waals surface area (Å²) in [6.45, 7) is 9.70. The van der Waals surface area contributed by atoms with E-state index in [2.05, 4.69) is 67.8 Å². The molecular weight excluding hydrogens is 955 g/mol. The van der Waals surface area contributed by atoms with E-state index in [0.29, 0.717) is 67.4 Å². The average molecular weight is 1020 g/mol. The number of carbonyl (C=O) groups excluding carboxylic acids is 1. The van der Waals surface area contributed by atoms with Gasteiger partial charge in [0.25, 0.3) is 21.6 Å². The number of ether oxygens (including phenoxy) is 5. The predicted octanol–water partition coefficient (Wildman–Crippen LogP) is 6.91. The number of H-pyrrole nitrogens is 1. The van der Waals surface area contributed by atoms with Gasteiger partial charge in [-0.15, -0.1) is 0 Å². The maximum absolute atomic E-state index is 14.8. The van der Waals surface area contributed by atoms with Gasteiger partial charge in [0.1, 0.15) is 29.8 Å². The molecule has 7 aliphatic heterocycles. The van der Waals surface area contributed by atoms with E-state index in [1.165, 1.54) is 18.1 Å². The van der Waals surface area contributed by atoms with Crippen LogP contribution in [0.2, 0.25) is 0 Å². The smallest absolute Gasteiger partial charge is 0.297 e. The highest BCUT2D eigenvalue weighted by molar-refractivity contribution is 7.90. The summed E-state index contributed by atoms with van der Waals surface area (Å²) in [5, 5.41) is 16.7. The Balaban J connectivity index is 0.773. The first-order valence-corrected chi connectivity index (χ1v) is 27.4. The largest absolute Gasteiger partial charge is 0.491 e. The van der Waals surface area contributed by atoms with Crippen molar-refractivity contribution in [2.75, 3.05) is 74.3 Å². The van der Waals surface area contributed by atoms with E-state index in [0.717, 1.165) is 87.6 Å². The summed E-state index contributed by atoms with van der Waals surface area (Å²) in [5.74, 6) is 0.473. The van der Waals surface area contributed by atoms with E-state index in [1.54, 1.807) is 12.3 Å². The molecule has 9 heterocycles. The molecule has 1 aliphatic carbocycles.